The molecule has 3 aliphatic rings. The smallest absolute Gasteiger partial charge is 0.308 e. The second-order valence-corrected chi connectivity index (χ2v) is 11.7. The normalized spacial score (nSPS) is 27.7. The summed E-state index contributed by atoms with van der Waals surface area (Å²) in [4.78, 5) is 27.0. The fraction of sp³-hybridized carbons (Fsp3) is 0.360. The van der Waals surface area contributed by atoms with E-state index in [-0.39, 0.29) is 23.2 Å². The maximum absolute atomic E-state index is 13.1. The lowest BCUT2D eigenvalue weighted by atomic mass is 9.75. The van der Waals surface area contributed by atoms with E-state index >= 15 is 0 Å². The summed E-state index contributed by atoms with van der Waals surface area (Å²) in [5.41, 5.74) is 1.98. The van der Waals surface area contributed by atoms with Gasteiger partial charge in [0.05, 0.1) is 5.03 Å². The molecule has 1 N–H and O–H groups in total. The summed E-state index contributed by atoms with van der Waals surface area (Å²) in [5, 5.41) is 5.06. The zero-order valence-electron chi connectivity index (χ0n) is 17.4. The summed E-state index contributed by atoms with van der Waals surface area (Å²) in [6, 6.07) is 17.7. The van der Waals surface area contributed by atoms with E-state index in [2.05, 4.69) is 35.6 Å². The fourth-order valence-electron chi connectivity index (χ4n) is 6.00. The van der Waals surface area contributed by atoms with Gasteiger partial charge >= 0.3 is 4.87 Å². The zero-order valence-corrected chi connectivity index (χ0v) is 19.8. The van der Waals surface area contributed by atoms with Crippen LogP contribution in [0.25, 0.3) is 0 Å². The third-order valence-electron chi connectivity index (χ3n) is 7.28. The Morgan fingerprint density at radius 2 is 1.81 bits per heavy atom. The molecule has 0 radical (unpaired) electrons. The lowest BCUT2D eigenvalue weighted by Gasteiger charge is -2.40. The molecule has 4 nitrogen and oxygen atoms in total. The van der Waals surface area contributed by atoms with Gasteiger partial charge in [-0.15, -0.1) is 11.8 Å². The SMILES string of the molecule is O=C(Cn1c2c(sc1=O)C(c1ccccc1)C1C3CCC(C3)C1S2)Nc1ccc(Cl)cc1. The van der Waals surface area contributed by atoms with Crippen molar-refractivity contribution < 1.29 is 4.79 Å². The summed E-state index contributed by atoms with van der Waals surface area (Å²) in [5.74, 6) is 2.12. The minimum absolute atomic E-state index is 0.0350. The standard InChI is InChI=1S/C25H23ClN2O2S2/c26-17-8-10-18(11-9-17)27-19(29)13-28-24-23(32-25(28)30)20(14-4-2-1-3-5-14)21-15-6-7-16(12-15)22(21)31-24/h1-5,8-11,15-16,20-22H,6-7,12-13H2,(H,27,29). The van der Waals surface area contributed by atoms with Crippen molar-refractivity contribution in [1.82, 2.24) is 4.57 Å². The molecule has 32 heavy (non-hydrogen) atoms. The highest BCUT2D eigenvalue weighted by Gasteiger charge is 2.55. The molecule has 5 atom stereocenters. The van der Waals surface area contributed by atoms with Gasteiger partial charge in [0.2, 0.25) is 5.91 Å². The second kappa shape index (κ2) is 8.08. The van der Waals surface area contributed by atoms with Crippen molar-refractivity contribution in [3.63, 3.8) is 0 Å². The zero-order chi connectivity index (χ0) is 21.8. The number of nitrogens with zero attached hydrogens (tertiary/aromatic N) is 1. The van der Waals surface area contributed by atoms with Crippen molar-refractivity contribution in [3.8, 4) is 0 Å². The molecular weight excluding hydrogens is 460 g/mol. The van der Waals surface area contributed by atoms with Gasteiger partial charge in [-0.2, -0.15) is 0 Å². The number of carbonyl (C=O) groups excluding carboxylic acids is 1. The molecule has 3 aromatic rings. The topological polar surface area (TPSA) is 51.1 Å². The Hall–Kier alpha value is -2.02. The Labute approximate surface area is 200 Å². The van der Waals surface area contributed by atoms with Crippen molar-refractivity contribution in [2.45, 2.75) is 42.0 Å². The Morgan fingerprint density at radius 3 is 2.59 bits per heavy atom. The molecule has 2 aliphatic carbocycles. The van der Waals surface area contributed by atoms with Gasteiger partial charge in [-0.05, 0) is 66.8 Å². The third-order valence-corrected chi connectivity index (χ3v) is 10.4. The van der Waals surface area contributed by atoms with Crippen LogP contribution in [-0.4, -0.2) is 15.7 Å². The van der Waals surface area contributed by atoms with E-state index < -0.39 is 0 Å². The number of carbonyl (C=O) groups is 1. The maximum Gasteiger partial charge on any atom is 0.308 e. The molecular formula is C25H23ClN2O2S2. The molecule has 0 saturated heterocycles. The van der Waals surface area contributed by atoms with Gasteiger partial charge in [0.15, 0.2) is 0 Å². The lowest BCUT2D eigenvalue weighted by molar-refractivity contribution is -0.116. The summed E-state index contributed by atoms with van der Waals surface area (Å²) in [7, 11) is 0. The van der Waals surface area contributed by atoms with Crippen molar-refractivity contribution in [3.05, 3.63) is 79.7 Å². The van der Waals surface area contributed by atoms with E-state index in [1.807, 2.05) is 11.8 Å². The van der Waals surface area contributed by atoms with Crippen LogP contribution in [-0.2, 0) is 11.3 Å². The summed E-state index contributed by atoms with van der Waals surface area (Å²) in [6.07, 6.45) is 3.91. The van der Waals surface area contributed by atoms with Crippen LogP contribution in [0.4, 0.5) is 5.69 Å². The van der Waals surface area contributed by atoms with Crippen molar-refractivity contribution in [2.75, 3.05) is 5.32 Å². The van der Waals surface area contributed by atoms with Gasteiger partial charge in [0.25, 0.3) is 0 Å². The van der Waals surface area contributed by atoms with Crippen LogP contribution in [0.5, 0.6) is 0 Å². The number of aromatic nitrogens is 1. The van der Waals surface area contributed by atoms with Crippen molar-refractivity contribution >= 4 is 46.3 Å². The number of halogens is 1. The number of hydrogen-bond donors (Lipinski definition) is 1. The van der Waals surface area contributed by atoms with Gasteiger partial charge < -0.3 is 5.32 Å². The lowest BCUT2D eigenvalue weighted by Crippen LogP contribution is -2.34. The molecule has 2 fully saturated rings. The summed E-state index contributed by atoms with van der Waals surface area (Å²) in [6.45, 7) is 0.0350. The molecule has 1 aliphatic heterocycles. The molecule has 6 rings (SSSR count). The highest BCUT2D eigenvalue weighted by Crippen LogP contribution is 2.63. The molecule has 1 aromatic heterocycles. The van der Waals surface area contributed by atoms with E-state index in [1.54, 1.807) is 28.8 Å². The minimum Gasteiger partial charge on any atom is -0.325 e. The first-order valence-corrected chi connectivity index (χ1v) is 13.2. The van der Waals surface area contributed by atoms with Crippen molar-refractivity contribution in [1.29, 1.82) is 0 Å². The predicted molar refractivity (Wildman–Crippen MR) is 131 cm³/mol. The molecule has 164 valence electrons. The number of thiazole rings is 1. The largest absolute Gasteiger partial charge is 0.325 e. The average molecular weight is 483 g/mol. The summed E-state index contributed by atoms with van der Waals surface area (Å²) >= 11 is 9.14. The highest BCUT2D eigenvalue weighted by atomic mass is 35.5. The predicted octanol–water partition coefficient (Wildman–Crippen LogP) is 5.85. The van der Waals surface area contributed by atoms with Crippen LogP contribution in [0.2, 0.25) is 5.02 Å². The highest BCUT2D eigenvalue weighted by molar-refractivity contribution is 8.00. The molecule has 2 heterocycles. The van der Waals surface area contributed by atoms with Gasteiger partial charge in [-0.3, -0.25) is 14.2 Å². The number of thioether (sulfide) groups is 1. The molecule has 0 spiro atoms. The van der Waals surface area contributed by atoms with E-state index in [9.17, 15) is 9.59 Å². The van der Waals surface area contributed by atoms with E-state index in [0.29, 0.717) is 21.9 Å². The number of hydrogen-bond acceptors (Lipinski definition) is 4. The molecule has 1 amide bonds. The molecule has 7 heteroatoms. The van der Waals surface area contributed by atoms with Crippen LogP contribution in [0, 0.1) is 17.8 Å². The van der Waals surface area contributed by atoms with Crippen LogP contribution in [0.15, 0.2) is 64.4 Å². The van der Waals surface area contributed by atoms with Crippen LogP contribution in [0.1, 0.15) is 35.6 Å². The molecule has 2 saturated carbocycles. The van der Waals surface area contributed by atoms with E-state index in [1.165, 1.54) is 36.2 Å². The number of nitrogens with one attached hydrogen (secondary N) is 1. The fourth-order valence-corrected chi connectivity index (χ4v) is 9.27. The quantitative estimate of drug-likeness (QED) is 0.507. The number of amides is 1. The average Bonchev–Trinajstić information content (AvgIpc) is 3.49. The van der Waals surface area contributed by atoms with Crippen LogP contribution < -0.4 is 10.2 Å². The number of benzene rings is 2. The molecule has 5 unspecified atom stereocenters. The van der Waals surface area contributed by atoms with Gasteiger partial charge in [-0.25, -0.2) is 0 Å². The number of fused-ring (bicyclic) bond motifs is 6. The first-order valence-electron chi connectivity index (χ1n) is 11.1. The van der Waals surface area contributed by atoms with Crippen molar-refractivity contribution in [2.24, 2.45) is 17.8 Å². The van der Waals surface area contributed by atoms with Crippen LogP contribution in [0.3, 0.4) is 0 Å². The minimum atomic E-state index is -0.193. The maximum atomic E-state index is 13.1. The first kappa shape index (κ1) is 20.6. The van der Waals surface area contributed by atoms with E-state index in [4.69, 9.17) is 11.6 Å². The molecule has 2 bridgehead atoms. The van der Waals surface area contributed by atoms with Gasteiger partial charge in [0.1, 0.15) is 6.54 Å². The first-order chi connectivity index (χ1) is 15.6. The Morgan fingerprint density at radius 1 is 1.06 bits per heavy atom. The monoisotopic (exact) mass is 482 g/mol. The van der Waals surface area contributed by atoms with Gasteiger partial charge in [0, 0.05) is 26.8 Å². The Balaban J connectivity index is 1.35. The summed E-state index contributed by atoms with van der Waals surface area (Å²) < 4.78 is 1.70. The number of anilines is 1. The van der Waals surface area contributed by atoms with Gasteiger partial charge in [-0.1, -0.05) is 53.3 Å². The van der Waals surface area contributed by atoms with E-state index in [0.717, 1.165) is 21.7 Å². The second-order valence-electron chi connectivity index (χ2n) is 9.06. The van der Waals surface area contributed by atoms with Crippen LogP contribution >= 0.6 is 34.7 Å². The molecule has 2 aromatic carbocycles. The Bertz CT molecular complexity index is 1220. The third kappa shape index (κ3) is 3.44. The Kier molecular flexibility index (Phi) is 5.20. The number of rotatable bonds is 4.